The van der Waals surface area contributed by atoms with Crippen LogP contribution in [0.25, 0.3) is 11.3 Å². The Morgan fingerprint density at radius 1 is 1.00 bits per heavy atom. The van der Waals surface area contributed by atoms with Gasteiger partial charge in [-0.15, -0.1) is 0 Å². The Hall–Kier alpha value is -2.91. The lowest BCUT2D eigenvalue weighted by atomic mass is 10.1. The van der Waals surface area contributed by atoms with Gasteiger partial charge in [0, 0.05) is 24.4 Å². The Kier molecular flexibility index (Phi) is 7.20. The molecule has 0 spiro atoms. The van der Waals surface area contributed by atoms with E-state index in [1.54, 1.807) is 48.8 Å². The van der Waals surface area contributed by atoms with E-state index in [9.17, 15) is 8.42 Å². The highest BCUT2D eigenvalue weighted by Gasteiger charge is 2.21. The van der Waals surface area contributed by atoms with Gasteiger partial charge in [-0.25, -0.2) is 0 Å². The largest absolute Gasteiger partial charge is 0.282 e. The first-order valence-corrected chi connectivity index (χ1v) is 11.4. The van der Waals surface area contributed by atoms with Crippen LogP contribution >= 0.6 is 0 Å². The maximum Gasteiger partial charge on any atom is 0.282 e. The standard InChI is InChI=1S/C23H25N3O2S/c1-2-3-4-5-6-7-9-13-21-19-26(25-23(21)20-14-12-17-24-18-20)29(27,28)22-15-10-8-11-16-22/h8,10-12,14-19H,2-7H2,1H3. The molecular weight excluding hydrogens is 382 g/mol. The van der Waals surface area contributed by atoms with E-state index >= 15 is 0 Å². The van der Waals surface area contributed by atoms with Crippen LogP contribution in [0.5, 0.6) is 0 Å². The molecule has 5 nitrogen and oxygen atoms in total. The van der Waals surface area contributed by atoms with E-state index in [2.05, 4.69) is 28.8 Å². The molecule has 0 saturated heterocycles. The van der Waals surface area contributed by atoms with Crippen molar-refractivity contribution in [2.24, 2.45) is 0 Å². The van der Waals surface area contributed by atoms with E-state index in [4.69, 9.17) is 0 Å². The average molecular weight is 408 g/mol. The number of hydrogen-bond donors (Lipinski definition) is 0. The third-order valence-electron chi connectivity index (χ3n) is 4.54. The molecule has 0 radical (unpaired) electrons. The van der Waals surface area contributed by atoms with Crippen LogP contribution in [0, 0.1) is 11.8 Å². The molecule has 0 fully saturated rings. The van der Waals surface area contributed by atoms with Crippen LogP contribution in [0.1, 0.15) is 51.0 Å². The average Bonchev–Trinajstić information content (AvgIpc) is 3.19. The number of aromatic nitrogens is 3. The quantitative estimate of drug-likeness (QED) is 0.394. The first-order valence-electron chi connectivity index (χ1n) is 9.92. The maximum atomic E-state index is 12.9. The molecule has 0 aliphatic rings. The highest BCUT2D eigenvalue weighted by Crippen LogP contribution is 2.23. The third-order valence-corrected chi connectivity index (χ3v) is 6.09. The zero-order valence-electron chi connectivity index (χ0n) is 16.6. The molecule has 0 bridgehead atoms. The van der Waals surface area contributed by atoms with Crippen molar-refractivity contribution in [3.8, 4) is 23.1 Å². The Morgan fingerprint density at radius 2 is 1.79 bits per heavy atom. The number of unbranched alkanes of at least 4 members (excludes halogenated alkanes) is 5. The monoisotopic (exact) mass is 407 g/mol. The highest BCUT2D eigenvalue weighted by atomic mass is 32.2. The highest BCUT2D eigenvalue weighted by molar-refractivity contribution is 7.89. The zero-order valence-corrected chi connectivity index (χ0v) is 17.4. The van der Waals surface area contributed by atoms with Gasteiger partial charge >= 0.3 is 0 Å². The zero-order chi connectivity index (χ0) is 20.5. The second kappa shape index (κ2) is 10.0. The summed E-state index contributed by atoms with van der Waals surface area (Å²) in [5, 5.41) is 4.35. The summed E-state index contributed by atoms with van der Waals surface area (Å²) < 4.78 is 26.9. The Morgan fingerprint density at radius 3 is 2.52 bits per heavy atom. The molecule has 0 unspecified atom stereocenters. The number of pyridine rings is 1. The summed E-state index contributed by atoms with van der Waals surface area (Å²) in [5.74, 6) is 6.30. The molecule has 3 rings (SSSR count). The number of nitrogens with zero attached hydrogens (tertiary/aromatic N) is 3. The molecule has 0 aliphatic carbocycles. The molecule has 0 saturated carbocycles. The predicted octanol–water partition coefficient (Wildman–Crippen LogP) is 4.89. The van der Waals surface area contributed by atoms with E-state index in [0.717, 1.165) is 22.5 Å². The maximum absolute atomic E-state index is 12.9. The van der Waals surface area contributed by atoms with Crippen LogP contribution in [-0.4, -0.2) is 22.6 Å². The van der Waals surface area contributed by atoms with Crippen molar-refractivity contribution in [2.75, 3.05) is 0 Å². The first kappa shape index (κ1) is 20.8. The van der Waals surface area contributed by atoms with Gasteiger partial charge in [0.05, 0.1) is 16.7 Å². The van der Waals surface area contributed by atoms with Gasteiger partial charge in [-0.2, -0.15) is 17.6 Å². The lowest BCUT2D eigenvalue weighted by Gasteiger charge is -2.03. The van der Waals surface area contributed by atoms with Crippen molar-refractivity contribution in [1.29, 1.82) is 0 Å². The van der Waals surface area contributed by atoms with Crippen molar-refractivity contribution >= 4 is 10.0 Å². The SMILES string of the molecule is CCCCCCCC#Cc1cn(S(=O)(=O)c2ccccc2)nc1-c1cccnc1. The molecule has 0 N–H and O–H groups in total. The molecule has 1 aromatic carbocycles. The van der Waals surface area contributed by atoms with Crippen LogP contribution in [0.15, 0.2) is 66.0 Å². The fourth-order valence-corrected chi connectivity index (χ4v) is 4.11. The number of rotatable bonds is 8. The van der Waals surface area contributed by atoms with Gasteiger partial charge < -0.3 is 0 Å². The smallest absolute Gasteiger partial charge is 0.264 e. The van der Waals surface area contributed by atoms with Crippen molar-refractivity contribution in [1.82, 2.24) is 14.2 Å². The fourth-order valence-electron chi connectivity index (χ4n) is 2.96. The fraction of sp³-hybridized carbons (Fsp3) is 0.304. The molecule has 29 heavy (non-hydrogen) atoms. The minimum Gasteiger partial charge on any atom is -0.264 e. The third kappa shape index (κ3) is 5.33. The second-order valence-electron chi connectivity index (χ2n) is 6.79. The summed E-state index contributed by atoms with van der Waals surface area (Å²) in [6.07, 6.45) is 11.5. The van der Waals surface area contributed by atoms with Gasteiger partial charge in [0.2, 0.25) is 0 Å². The van der Waals surface area contributed by atoms with Gasteiger partial charge in [0.25, 0.3) is 10.0 Å². The van der Waals surface area contributed by atoms with Gasteiger partial charge in [0.1, 0.15) is 5.69 Å². The van der Waals surface area contributed by atoms with E-state index in [1.165, 1.54) is 31.9 Å². The summed E-state index contributed by atoms with van der Waals surface area (Å²) in [5.41, 5.74) is 1.85. The van der Waals surface area contributed by atoms with Crippen LogP contribution in [-0.2, 0) is 10.0 Å². The lowest BCUT2D eigenvalue weighted by Crippen LogP contribution is -2.13. The number of benzene rings is 1. The number of hydrogen-bond acceptors (Lipinski definition) is 4. The Balaban J connectivity index is 1.89. The molecule has 0 aliphatic heterocycles. The molecule has 3 aromatic rings. The summed E-state index contributed by atoms with van der Waals surface area (Å²) in [6.45, 7) is 2.20. The van der Waals surface area contributed by atoms with Crippen molar-refractivity contribution in [2.45, 2.75) is 50.3 Å². The molecule has 150 valence electrons. The molecule has 0 amide bonds. The molecule has 2 aromatic heterocycles. The molecule has 0 atom stereocenters. The van der Waals surface area contributed by atoms with E-state index < -0.39 is 10.0 Å². The van der Waals surface area contributed by atoms with Crippen LogP contribution in [0.3, 0.4) is 0 Å². The van der Waals surface area contributed by atoms with E-state index in [1.807, 2.05) is 6.07 Å². The molecule has 2 heterocycles. The van der Waals surface area contributed by atoms with E-state index in [-0.39, 0.29) is 4.90 Å². The minimum absolute atomic E-state index is 0.190. The van der Waals surface area contributed by atoms with Gasteiger partial charge in [0.15, 0.2) is 0 Å². The van der Waals surface area contributed by atoms with Crippen LogP contribution in [0.2, 0.25) is 0 Å². The second-order valence-corrected chi connectivity index (χ2v) is 8.59. The van der Waals surface area contributed by atoms with Gasteiger partial charge in [-0.3, -0.25) is 4.98 Å². The lowest BCUT2D eigenvalue weighted by molar-refractivity contribution is 0.580. The predicted molar refractivity (Wildman–Crippen MR) is 115 cm³/mol. The molecule has 6 heteroatoms. The Bertz CT molecular complexity index is 1080. The van der Waals surface area contributed by atoms with Gasteiger partial charge in [-0.1, -0.05) is 62.6 Å². The van der Waals surface area contributed by atoms with Crippen molar-refractivity contribution in [3.63, 3.8) is 0 Å². The summed E-state index contributed by atoms with van der Waals surface area (Å²) >= 11 is 0. The van der Waals surface area contributed by atoms with Crippen LogP contribution < -0.4 is 0 Å². The summed E-state index contributed by atoms with van der Waals surface area (Å²) in [6, 6.07) is 11.9. The molecular formula is C23H25N3O2S. The van der Waals surface area contributed by atoms with Gasteiger partial charge in [-0.05, 0) is 30.7 Å². The normalized spacial score (nSPS) is 11.1. The topological polar surface area (TPSA) is 64.8 Å². The van der Waals surface area contributed by atoms with Crippen LogP contribution in [0.4, 0.5) is 0 Å². The Labute approximate surface area is 172 Å². The minimum atomic E-state index is -3.78. The van der Waals surface area contributed by atoms with Crippen molar-refractivity contribution < 1.29 is 8.42 Å². The summed E-state index contributed by atoms with van der Waals surface area (Å²) in [7, 11) is -3.78. The first-order chi connectivity index (χ1) is 14.1. The summed E-state index contributed by atoms with van der Waals surface area (Å²) in [4.78, 5) is 4.31. The van der Waals surface area contributed by atoms with E-state index in [0.29, 0.717) is 11.3 Å². The van der Waals surface area contributed by atoms with Crippen molar-refractivity contribution in [3.05, 3.63) is 66.6 Å².